The van der Waals surface area contributed by atoms with Crippen LogP contribution in [0.15, 0.2) is 41.0 Å². The van der Waals surface area contributed by atoms with Crippen LogP contribution in [-0.2, 0) is 6.54 Å². The van der Waals surface area contributed by atoms with Gasteiger partial charge < -0.3 is 20.2 Å². The molecule has 0 bridgehead atoms. The highest BCUT2D eigenvalue weighted by atomic mass is 35.5. The number of hydrogen-bond donors (Lipinski definition) is 2. The zero-order chi connectivity index (χ0) is 14.4. The maximum absolute atomic E-state index is 11.8. The minimum atomic E-state index is -0.193. The molecule has 0 unspecified atom stereocenters. The lowest BCUT2D eigenvalue weighted by Gasteiger charge is -2.09. The molecule has 1 amide bonds. The van der Waals surface area contributed by atoms with Crippen molar-refractivity contribution in [1.82, 2.24) is 5.32 Å². The highest BCUT2D eigenvalue weighted by molar-refractivity contribution is 5.93. The second kappa shape index (κ2) is 8.34. The molecule has 114 valence electrons. The SMILES string of the molecule is Cc1ccccc1OCCNC(=O)c1coc(CN)c1.Cl. The molecular weight excluding hydrogens is 292 g/mol. The van der Waals surface area contributed by atoms with E-state index in [1.807, 2.05) is 31.2 Å². The van der Waals surface area contributed by atoms with Crippen LogP contribution in [0.4, 0.5) is 0 Å². The summed E-state index contributed by atoms with van der Waals surface area (Å²) >= 11 is 0. The summed E-state index contributed by atoms with van der Waals surface area (Å²) in [5.41, 5.74) is 6.96. The normalized spacial score (nSPS) is 9.81. The lowest BCUT2D eigenvalue weighted by molar-refractivity contribution is 0.0946. The molecule has 1 aromatic heterocycles. The minimum absolute atomic E-state index is 0. The van der Waals surface area contributed by atoms with Gasteiger partial charge in [-0.1, -0.05) is 18.2 Å². The maximum Gasteiger partial charge on any atom is 0.254 e. The molecule has 0 aliphatic rings. The summed E-state index contributed by atoms with van der Waals surface area (Å²) in [5.74, 6) is 1.23. The molecule has 0 aliphatic heterocycles. The van der Waals surface area contributed by atoms with Crippen LogP contribution in [0.2, 0.25) is 0 Å². The van der Waals surface area contributed by atoms with Gasteiger partial charge in [0.15, 0.2) is 0 Å². The van der Waals surface area contributed by atoms with Crippen molar-refractivity contribution in [2.24, 2.45) is 5.73 Å². The van der Waals surface area contributed by atoms with Crippen LogP contribution in [0, 0.1) is 6.92 Å². The monoisotopic (exact) mass is 310 g/mol. The Morgan fingerprint density at radius 2 is 2.14 bits per heavy atom. The van der Waals surface area contributed by atoms with Gasteiger partial charge in [0.2, 0.25) is 0 Å². The molecule has 6 heteroatoms. The molecule has 0 saturated heterocycles. The molecule has 0 atom stereocenters. The topological polar surface area (TPSA) is 77.5 Å². The number of para-hydroxylation sites is 1. The number of amides is 1. The van der Waals surface area contributed by atoms with E-state index in [1.165, 1.54) is 6.26 Å². The summed E-state index contributed by atoms with van der Waals surface area (Å²) in [6.45, 7) is 3.10. The van der Waals surface area contributed by atoms with Crippen molar-refractivity contribution in [1.29, 1.82) is 0 Å². The number of furan rings is 1. The molecule has 0 aliphatic carbocycles. The van der Waals surface area contributed by atoms with Crippen molar-refractivity contribution in [2.45, 2.75) is 13.5 Å². The summed E-state index contributed by atoms with van der Waals surface area (Å²) in [6, 6.07) is 9.39. The number of hydrogen-bond acceptors (Lipinski definition) is 4. The average Bonchev–Trinajstić information content (AvgIpc) is 2.94. The van der Waals surface area contributed by atoms with Crippen LogP contribution >= 0.6 is 12.4 Å². The Morgan fingerprint density at radius 3 is 2.81 bits per heavy atom. The predicted octanol–water partition coefficient (Wildman–Crippen LogP) is 2.28. The Morgan fingerprint density at radius 1 is 1.38 bits per heavy atom. The van der Waals surface area contributed by atoms with Crippen molar-refractivity contribution in [2.75, 3.05) is 13.2 Å². The first-order valence-electron chi connectivity index (χ1n) is 6.45. The van der Waals surface area contributed by atoms with Crippen molar-refractivity contribution in [3.63, 3.8) is 0 Å². The van der Waals surface area contributed by atoms with E-state index in [9.17, 15) is 4.79 Å². The number of aryl methyl sites for hydroxylation is 1. The van der Waals surface area contributed by atoms with Crippen molar-refractivity contribution < 1.29 is 13.9 Å². The Labute approximate surface area is 129 Å². The summed E-state index contributed by atoms with van der Waals surface area (Å²) in [7, 11) is 0. The van der Waals surface area contributed by atoms with Crippen LogP contribution in [0.1, 0.15) is 21.7 Å². The van der Waals surface area contributed by atoms with Gasteiger partial charge in [-0.2, -0.15) is 0 Å². The zero-order valence-corrected chi connectivity index (χ0v) is 12.6. The second-order valence-electron chi connectivity index (χ2n) is 4.38. The molecule has 1 aromatic carbocycles. The summed E-state index contributed by atoms with van der Waals surface area (Å²) in [5, 5.41) is 2.76. The van der Waals surface area contributed by atoms with Crippen LogP contribution < -0.4 is 15.8 Å². The van der Waals surface area contributed by atoms with E-state index < -0.39 is 0 Å². The second-order valence-corrected chi connectivity index (χ2v) is 4.38. The maximum atomic E-state index is 11.8. The summed E-state index contributed by atoms with van der Waals surface area (Å²) in [4.78, 5) is 11.8. The van der Waals surface area contributed by atoms with Crippen molar-refractivity contribution >= 4 is 18.3 Å². The van der Waals surface area contributed by atoms with Crippen LogP contribution in [0.3, 0.4) is 0 Å². The van der Waals surface area contributed by atoms with E-state index in [4.69, 9.17) is 14.9 Å². The van der Waals surface area contributed by atoms with Crippen LogP contribution in [-0.4, -0.2) is 19.1 Å². The van der Waals surface area contributed by atoms with Gasteiger partial charge in [0.1, 0.15) is 24.4 Å². The Hall–Kier alpha value is -1.98. The van der Waals surface area contributed by atoms with Crippen LogP contribution in [0.25, 0.3) is 0 Å². The molecule has 0 spiro atoms. The standard InChI is InChI=1S/C15H18N2O3.ClH/c1-11-4-2-3-5-14(11)19-7-6-17-15(18)12-8-13(9-16)20-10-12;/h2-5,8,10H,6-7,9,16H2,1H3,(H,17,18);1H. The van der Waals surface area contributed by atoms with Gasteiger partial charge in [0, 0.05) is 0 Å². The number of benzene rings is 1. The lowest BCUT2D eigenvalue weighted by Crippen LogP contribution is -2.27. The first-order valence-corrected chi connectivity index (χ1v) is 6.45. The highest BCUT2D eigenvalue weighted by Crippen LogP contribution is 2.15. The average molecular weight is 311 g/mol. The van der Waals surface area contributed by atoms with Gasteiger partial charge in [-0.15, -0.1) is 12.4 Å². The van der Waals surface area contributed by atoms with Crippen molar-refractivity contribution in [3.05, 3.63) is 53.5 Å². The fourth-order valence-electron chi connectivity index (χ4n) is 1.75. The molecule has 2 rings (SSSR count). The number of rotatable bonds is 6. The molecule has 3 N–H and O–H groups in total. The zero-order valence-electron chi connectivity index (χ0n) is 11.8. The molecule has 0 fully saturated rings. The van der Waals surface area contributed by atoms with Crippen LogP contribution in [0.5, 0.6) is 5.75 Å². The largest absolute Gasteiger partial charge is 0.491 e. The fourth-order valence-corrected chi connectivity index (χ4v) is 1.75. The van der Waals surface area contributed by atoms with E-state index >= 15 is 0 Å². The summed E-state index contributed by atoms with van der Waals surface area (Å²) in [6.07, 6.45) is 1.40. The number of carbonyl (C=O) groups excluding carboxylic acids is 1. The fraction of sp³-hybridized carbons (Fsp3) is 0.267. The van der Waals surface area contributed by atoms with Gasteiger partial charge in [0.25, 0.3) is 5.91 Å². The molecule has 5 nitrogen and oxygen atoms in total. The smallest absolute Gasteiger partial charge is 0.254 e. The van der Waals surface area contributed by atoms with Gasteiger partial charge in [-0.3, -0.25) is 4.79 Å². The van der Waals surface area contributed by atoms with E-state index in [2.05, 4.69) is 5.32 Å². The molecule has 0 saturated carbocycles. The van der Waals surface area contributed by atoms with Gasteiger partial charge >= 0.3 is 0 Å². The molecular formula is C15H19ClN2O3. The molecule has 1 heterocycles. The lowest BCUT2D eigenvalue weighted by atomic mass is 10.2. The predicted molar refractivity (Wildman–Crippen MR) is 82.9 cm³/mol. The van der Waals surface area contributed by atoms with E-state index in [1.54, 1.807) is 6.07 Å². The van der Waals surface area contributed by atoms with E-state index in [-0.39, 0.29) is 24.9 Å². The number of carbonyl (C=O) groups is 1. The Kier molecular flexibility index (Phi) is 6.78. The first kappa shape index (κ1) is 17.1. The highest BCUT2D eigenvalue weighted by Gasteiger charge is 2.08. The van der Waals surface area contributed by atoms with Crippen molar-refractivity contribution in [3.8, 4) is 5.75 Å². The minimum Gasteiger partial charge on any atom is -0.491 e. The number of nitrogens with two attached hydrogens (primary N) is 1. The van der Waals surface area contributed by atoms with Gasteiger partial charge in [-0.05, 0) is 24.6 Å². The molecule has 0 radical (unpaired) electrons. The number of ether oxygens (including phenoxy) is 1. The van der Waals surface area contributed by atoms with E-state index in [0.717, 1.165) is 11.3 Å². The third kappa shape index (κ3) is 4.81. The molecule has 2 aromatic rings. The number of nitrogens with one attached hydrogen (secondary N) is 1. The Bertz CT molecular complexity index is 584. The van der Waals surface area contributed by atoms with Gasteiger partial charge in [-0.25, -0.2) is 0 Å². The van der Waals surface area contributed by atoms with Gasteiger partial charge in [0.05, 0.1) is 18.7 Å². The van der Waals surface area contributed by atoms with E-state index in [0.29, 0.717) is 24.5 Å². The summed E-state index contributed by atoms with van der Waals surface area (Å²) < 4.78 is 10.7. The quantitative estimate of drug-likeness (QED) is 0.802. The molecule has 21 heavy (non-hydrogen) atoms. The number of halogens is 1. The Balaban J connectivity index is 0.00000220. The first-order chi connectivity index (χ1) is 9.70. The third-order valence-electron chi connectivity index (χ3n) is 2.86. The third-order valence-corrected chi connectivity index (χ3v) is 2.86.